The molecule has 1 saturated heterocycles. The fraction of sp³-hybridized carbons (Fsp3) is 0.421. The van der Waals surface area contributed by atoms with Crippen molar-refractivity contribution in [3.05, 3.63) is 42.0 Å². The number of anilines is 1. The highest BCUT2D eigenvalue weighted by molar-refractivity contribution is 5.99. The first-order valence-corrected chi connectivity index (χ1v) is 9.50. The SMILES string of the molecule is O=C(NCCCOc1ccc(F)cn1)c1cnn2c1NC(N1CCCC1)C=C2. The highest BCUT2D eigenvalue weighted by Crippen LogP contribution is 2.24. The van der Waals surface area contributed by atoms with Gasteiger partial charge in [-0.15, -0.1) is 0 Å². The predicted molar refractivity (Wildman–Crippen MR) is 102 cm³/mol. The third-order valence-corrected chi connectivity index (χ3v) is 4.83. The van der Waals surface area contributed by atoms with E-state index in [-0.39, 0.29) is 12.1 Å². The Morgan fingerprint density at radius 3 is 2.96 bits per heavy atom. The van der Waals surface area contributed by atoms with E-state index >= 15 is 0 Å². The molecule has 8 nitrogen and oxygen atoms in total. The summed E-state index contributed by atoms with van der Waals surface area (Å²) in [5.41, 5.74) is 0.523. The van der Waals surface area contributed by atoms with E-state index in [2.05, 4.69) is 31.7 Å². The first kappa shape index (κ1) is 18.4. The molecule has 1 amide bonds. The normalized spacial score (nSPS) is 18.5. The van der Waals surface area contributed by atoms with Crippen LogP contribution in [-0.4, -0.2) is 58.0 Å². The van der Waals surface area contributed by atoms with Gasteiger partial charge < -0.3 is 15.4 Å². The number of nitrogens with zero attached hydrogens (tertiary/aromatic N) is 4. The average molecular weight is 386 g/mol. The Kier molecular flexibility index (Phi) is 5.52. The summed E-state index contributed by atoms with van der Waals surface area (Å²) >= 11 is 0. The molecule has 9 heteroatoms. The molecule has 28 heavy (non-hydrogen) atoms. The third-order valence-electron chi connectivity index (χ3n) is 4.83. The smallest absolute Gasteiger partial charge is 0.256 e. The number of carbonyl (C=O) groups excluding carboxylic acids is 1. The zero-order chi connectivity index (χ0) is 19.3. The Hall–Kier alpha value is -2.94. The van der Waals surface area contributed by atoms with Crippen molar-refractivity contribution < 1.29 is 13.9 Å². The summed E-state index contributed by atoms with van der Waals surface area (Å²) in [4.78, 5) is 18.7. The number of nitrogens with one attached hydrogen (secondary N) is 2. The highest BCUT2D eigenvalue weighted by atomic mass is 19.1. The maximum atomic E-state index is 12.8. The van der Waals surface area contributed by atoms with Crippen LogP contribution < -0.4 is 15.4 Å². The quantitative estimate of drug-likeness (QED) is 0.708. The minimum Gasteiger partial charge on any atom is -0.478 e. The standard InChI is InChI=1S/C19H23FN6O2/c20-14-4-5-17(22-12-14)28-11-3-7-21-19(27)15-13-23-26-10-6-16(24-18(15)26)25-8-1-2-9-25/h4-6,10,12-13,16,24H,1-3,7-9,11H2,(H,21,27). The molecule has 2 aromatic heterocycles. The number of halogens is 1. The number of hydrogen-bond acceptors (Lipinski definition) is 6. The van der Waals surface area contributed by atoms with E-state index in [9.17, 15) is 9.18 Å². The summed E-state index contributed by atoms with van der Waals surface area (Å²) in [6, 6.07) is 2.77. The second-order valence-electron chi connectivity index (χ2n) is 6.80. The van der Waals surface area contributed by atoms with E-state index in [4.69, 9.17) is 4.74 Å². The van der Waals surface area contributed by atoms with Crippen molar-refractivity contribution in [2.24, 2.45) is 0 Å². The van der Waals surface area contributed by atoms with Crippen LogP contribution in [0.2, 0.25) is 0 Å². The number of rotatable bonds is 7. The number of amides is 1. The molecule has 0 aliphatic carbocycles. The maximum absolute atomic E-state index is 12.8. The summed E-state index contributed by atoms with van der Waals surface area (Å²) in [6.45, 7) is 2.94. The number of fused-ring (bicyclic) bond motifs is 1. The van der Waals surface area contributed by atoms with E-state index in [1.807, 2.05) is 6.20 Å². The maximum Gasteiger partial charge on any atom is 0.256 e. The van der Waals surface area contributed by atoms with Crippen LogP contribution in [0.25, 0.3) is 6.20 Å². The van der Waals surface area contributed by atoms with Crippen LogP contribution in [0.15, 0.2) is 30.6 Å². The van der Waals surface area contributed by atoms with Gasteiger partial charge in [0, 0.05) is 31.9 Å². The van der Waals surface area contributed by atoms with Crippen LogP contribution in [0.5, 0.6) is 5.88 Å². The second kappa shape index (κ2) is 8.39. The molecule has 2 aromatic rings. The van der Waals surface area contributed by atoms with Crippen molar-refractivity contribution in [3.8, 4) is 5.88 Å². The molecule has 1 fully saturated rings. The predicted octanol–water partition coefficient (Wildman–Crippen LogP) is 1.93. The number of ether oxygens (including phenoxy) is 1. The molecule has 0 bridgehead atoms. The van der Waals surface area contributed by atoms with Crippen molar-refractivity contribution in [2.75, 3.05) is 31.6 Å². The Morgan fingerprint density at radius 1 is 1.32 bits per heavy atom. The lowest BCUT2D eigenvalue weighted by atomic mass is 10.2. The van der Waals surface area contributed by atoms with E-state index in [0.29, 0.717) is 36.8 Å². The first-order chi connectivity index (χ1) is 13.7. The molecule has 2 aliphatic heterocycles. The molecule has 0 radical (unpaired) electrons. The molecule has 148 valence electrons. The third kappa shape index (κ3) is 4.14. The lowest BCUT2D eigenvalue weighted by Crippen LogP contribution is -2.40. The average Bonchev–Trinajstić information content (AvgIpc) is 3.38. The minimum absolute atomic E-state index is 0.0925. The van der Waals surface area contributed by atoms with Crippen LogP contribution in [0, 0.1) is 5.82 Å². The van der Waals surface area contributed by atoms with Gasteiger partial charge in [-0.25, -0.2) is 14.1 Å². The molecular formula is C19H23FN6O2. The summed E-state index contributed by atoms with van der Waals surface area (Å²) in [5, 5.41) is 10.6. The van der Waals surface area contributed by atoms with Crippen LogP contribution >= 0.6 is 0 Å². The van der Waals surface area contributed by atoms with Gasteiger partial charge in [-0.05, 0) is 31.4 Å². The number of likely N-dealkylation sites (tertiary alicyclic amines) is 1. The van der Waals surface area contributed by atoms with Crippen molar-refractivity contribution >= 4 is 17.9 Å². The van der Waals surface area contributed by atoms with Gasteiger partial charge in [-0.1, -0.05) is 0 Å². The fourth-order valence-corrected chi connectivity index (χ4v) is 3.36. The zero-order valence-electron chi connectivity index (χ0n) is 15.5. The molecule has 0 spiro atoms. The zero-order valence-corrected chi connectivity index (χ0v) is 15.5. The molecular weight excluding hydrogens is 363 g/mol. The topological polar surface area (TPSA) is 84.3 Å². The van der Waals surface area contributed by atoms with Crippen LogP contribution in [0.3, 0.4) is 0 Å². The Bertz CT molecular complexity index is 845. The molecule has 0 saturated carbocycles. The number of hydrogen-bond donors (Lipinski definition) is 2. The van der Waals surface area contributed by atoms with Gasteiger partial charge in [0.05, 0.1) is 19.0 Å². The van der Waals surface area contributed by atoms with Gasteiger partial charge in [0.2, 0.25) is 5.88 Å². The van der Waals surface area contributed by atoms with Gasteiger partial charge >= 0.3 is 0 Å². The van der Waals surface area contributed by atoms with Gasteiger partial charge in [0.15, 0.2) is 0 Å². The van der Waals surface area contributed by atoms with Crippen LogP contribution in [-0.2, 0) is 0 Å². The summed E-state index contributed by atoms with van der Waals surface area (Å²) in [5.74, 6) is 0.495. The van der Waals surface area contributed by atoms with Crippen LogP contribution in [0.4, 0.5) is 10.2 Å². The van der Waals surface area contributed by atoms with E-state index in [0.717, 1.165) is 19.3 Å². The molecule has 1 unspecified atom stereocenters. The fourth-order valence-electron chi connectivity index (χ4n) is 3.36. The minimum atomic E-state index is -0.403. The van der Waals surface area contributed by atoms with Crippen molar-refractivity contribution in [1.29, 1.82) is 0 Å². The van der Waals surface area contributed by atoms with Gasteiger partial charge in [-0.2, -0.15) is 5.10 Å². The number of aromatic nitrogens is 3. The van der Waals surface area contributed by atoms with Crippen molar-refractivity contribution in [2.45, 2.75) is 25.4 Å². The Labute approximate surface area is 162 Å². The monoisotopic (exact) mass is 386 g/mol. The largest absolute Gasteiger partial charge is 0.478 e. The van der Waals surface area contributed by atoms with Crippen LogP contribution in [0.1, 0.15) is 29.6 Å². The lowest BCUT2D eigenvalue weighted by Gasteiger charge is -2.29. The molecule has 1 atom stereocenters. The molecule has 2 aliphatic rings. The van der Waals surface area contributed by atoms with Gasteiger partial charge in [-0.3, -0.25) is 9.69 Å². The summed E-state index contributed by atoms with van der Waals surface area (Å²) < 4.78 is 19.9. The lowest BCUT2D eigenvalue weighted by molar-refractivity contribution is 0.0952. The Balaban J connectivity index is 1.26. The molecule has 4 rings (SSSR count). The van der Waals surface area contributed by atoms with E-state index in [1.54, 1.807) is 10.9 Å². The van der Waals surface area contributed by atoms with Gasteiger partial charge in [0.1, 0.15) is 23.4 Å². The van der Waals surface area contributed by atoms with Gasteiger partial charge in [0.25, 0.3) is 5.91 Å². The molecule has 0 aromatic carbocycles. The number of pyridine rings is 1. The van der Waals surface area contributed by atoms with E-state index < -0.39 is 5.82 Å². The van der Waals surface area contributed by atoms with E-state index in [1.165, 1.54) is 25.0 Å². The summed E-state index contributed by atoms with van der Waals surface area (Å²) in [7, 11) is 0. The molecule has 2 N–H and O–H groups in total. The Morgan fingerprint density at radius 2 is 2.18 bits per heavy atom. The van der Waals surface area contributed by atoms with Crippen molar-refractivity contribution in [3.63, 3.8) is 0 Å². The molecule has 4 heterocycles. The number of carbonyl (C=O) groups is 1. The highest BCUT2D eigenvalue weighted by Gasteiger charge is 2.26. The first-order valence-electron chi connectivity index (χ1n) is 9.50. The second-order valence-corrected chi connectivity index (χ2v) is 6.80. The summed E-state index contributed by atoms with van der Waals surface area (Å²) in [6.07, 6.45) is 9.75. The van der Waals surface area contributed by atoms with Crippen molar-refractivity contribution in [1.82, 2.24) is 25.0 Å².